The van der Waals surface area contributed by atoms with Crippen LogP contribution in [-0.4, -0.2) is 29.1 Å². The number of nitrogens with zero attached hydrogens (tertiary/aromatic N) is 1. The van der Waals surface area contributed by atoms with Crippen molar-refractivity contribution in [2.24, 2.45) is 0 Å². The normalized spacial score (nSPS) is 23.8. The highest BCUT2D eigenvalue weighted by Gasteiger charge is 2.23. The van der Waals surface area contributed by atoms with E-state index in [9.17, 15) is 0 Å². The number of rotatable bonds is 1. The van der Waals surface area contributed by atoms with E-state index in [4.69, 9.17) is 12.2 Å². The molecule has 1 aliphatic heterocycles. The highest BCUT2D eigenvalue weighted by molar-refractivity contribution is 7.80. The first-order valence-electron chi connectivity index (χ1n) is 5.42. The lowest BCUT2D eigenvalue weighted by Crippen LogP contribution is -2.41. The number of hydrogen-bond donors (Lipinski definition) is 1. The molecule has 0 amide bonds. The van der Waals surface area contributed by atoms with Gasteiger partial charge >= 0.3 is 0 Å². The summed E-state index contributed by atoms with van der Waals surface area (Å²) < 4.78 is 0. The predicted octanol–water partition coefficient (Wildman–Crippen LogP) is 1.90. The second kappa shape index (κ2) is 4.27. The Balaban J connectivity index is 1.78. The van der Waals surface area contributed by atoms with Gasteiger partial charge in [-0.2, -0.15) is 0 Å². The van der Waals surface area contributed by atoms with Gasteiger partial charge in [-0.3, -0.25) is 0 Å². The summed E-state index contributed by atoms with van der Waals surface area (Å²) in [5.74, 6) is 0. The molecule has 1 aliphatic carbocycles. The van der Waals surface area contributed by atoms with Gasteiger partial charge in [0.2, 0.25) is 0 Å². The summed E-state index contributed by atoms with van der Waals surface area (Å²) in [5.41, 5.74) is 0. The number of thiocarbonyl (C=S) groups is 1. The molecule has 0 aromatic carbocycles. The van der Waals surface area contributed by atoms with Crippen molar-refractivity contribution in [1.29, 1.82) is 0 Å². The topological polar surface area (TPSA) is 15.3 Å². The summed E-state index contributed by atoms with van der Waals surface area (Å²) in [6.07, 6.45) is 8.01. The number of likely N-dealkylation sites (tertiary alicyclic amines) is 1. The van der Waals surface area contributed by atoms with Crippen LogP contribution in [0.15, 0.2) is 0 Å². The lowest BCUT2D eigenvalue weighted by Gasteiger charge is -2.23. The Kier molecular flexibility index (Phi) is 3.04. The minimum absolute atomic E-state index is 0.704. The molecule has 74 valence electrons. The molecule has 0 atom stereocenters. The third kappa shape index (κ3) is 2.83. The van der Waals surface area contributed by atoms with E-state index < -0.39 is 0 Å². The van der Waals surface area contributed by atoms with Crippen LogP contribution in [0.2, 0.25) is 0 Å². The van der Waals surface area contributed by atoms with Crippen LogP contribution in [0.3, 0.4) is 0 Å². The van der Waals surface area contributed by atoms with Crippen molar-refractivity contribution in [3.05, 3.63) is 0 Å². The van der Waals surface area contributed by atoms with Gasteiger partial charge in [0.15, 0.2) is 5.11 Å². The molecule has 1 saturated carbocycles. The van der Waals surface area contributed by atoms with E-state index in [2.05, 4.69) is 10.2 Å². The van der Waals surface area contributed by atoms with E-state index in [0.717, 1.165) is 5.11 Å². The van der Waals surface area contributed by atoms with Crippen molar-refractivity contribution in [2.75, 3.05) is 13.1 Å². The lowest BCUT2D eigenvalue weighted by molar-refractivity contribution is 0.427. The predicted molar refractivity (Wildman–Crippen MR) is 58.8 cm³/mol. The molecule has 2 fully saturated rings. The molecule has 0 aromatic heterocycles. The molecule has 13 heavy (non-hydrogen) atoms. The molecule has 0 unspecified atom stereocenters. The third-order valence-corrected chi connectivity index (χ3v) is 3.17. The Labute approximate surface area is 85.7 Å². The zero-order chi connectivity index (χ0) is 9.10. The van der Waals surface area contributed by atoms with E-state index in [0.29, 0.717) is 6.04 Å². The van der Waals surface area contributed by atoms with Gasteiger partial charge in [-0.15, -0.1) is 0 Å². The standard InChI is InChI=1S/C10H18N2S/c13-10(11-9-5-6-9)12-7-3-1-2-4-8-12/h9H,1-8H2,(H,11,13). The average Bonchev–Trinajstić information content (AvgIpc) is 2.87. The van der Waals surface area contributed by atoms with E-state index >= 15 is 0 Å². The fraction of sp³-hybridized carbons (Fsp3) is 0.900. The second-order valence-electron chi connectivity index (χ2n) is 4.13. The first kappa shape index (κ1) is 9.25. The van der Waals surface area contributed by atoms with E-state index in [1.807, 2.05) is 0 Å². The molecular weight excluding hydrogens is 180 g/mol. The molecule has 1 heterocycles. The quantitative estimate of drug-likeness (QED) is 0.648. The Morgan fingerprint density at radius 3 is 2.23 bits per heavy atom. The molecule has 1 saturated heterocycles. The van der Waals surface area contributed by atoms with Crippen LogP contribution in [0.1, 0.15) is 38.5 Å². The fourth-order valence-electron chi connectivity index (χ4n) is 1.77. The van der Waals surface area contributed by atoms with Crippen LogP contribution in [0.4, 0.5) is 0 Å². The molecule has 2 aliphatic rings. The van der Waals surface area contributed by atoms with Crippen LogP contribution in [0.5, 0.6) is 0 Å². The van der Waals surface area contributed by atoms with Crippen LogP contribution < -0.4 is 5.32 Å². The van der Waals surface area contributed by atoms with Crippen molar-refractivity contribution in [2.45, 2.75) is 44.6 Å². The zero-order valence-corrected chi connectivity index (χ0v) is 8.91. The van der Waals surface area contributed by atoms with E-state index in [-0.39, 0.29) is 0 Å². The van der Waals surface area contributed by atoms with Crippen LogP contribution >= 0.6 is 12.2 Å². The summed E-state index contributed by atoms with van der Waals surface area (Å²) in [6.45, 7) is 2.33. The van der Waals surface area contributed by atoms with Crippen molar-refractivity contribution in [1.82, 2.24) is 10.2 Å². The van der Waals surface area contributed by atoms with Crippen LogP contribution in [0.25, 0.3) is 0 Å². The van der Waals surface area contributed by atoms with Crippen molar-refractivity contribution < 1.29 is 0 Å². The molecule has 0 spiro atoms. The first-order chi connectivity index (χ1) is 6.36. The fourth-order valence-corrected chi connectivity index (χ4v) is 2.12. The summed E-state index contributed by atoms with van der Waals surface area (Å²) in [4.78, 5) is 2.35. The van der Waals surface area contributed by atoms with Crippen LogP contribution in [0, 0.1) is 0 Å². The number of hydrogen-bond acceptors (Lipinski definition) is 1. The van der Waals surface area contributed by atoms with Gasteiger partial charge < -0.3 is 10.2 Å². The maximum Gasteiger partial charge on any atom is 0.169 e. The maximum absolute atomic E-state index is 5.37. The highest BCUT2D eigenvalue weighted by atomic mass is 32.1. The Bertz CT molecular complexity index is 181. The molecule has 0 bridgehead atoms. The van der Waals surface area contributed by atoms with Gasteiger partial charge in [0.25, 0.3) is 0 Å². The second-order valence-corrected chi connectivity index (χ2v) is 4.51. The maximum atomic E-state index is 5.37. The monoisotopic (exact) mass is 198 g/mol. The lowest BCUT2D eigenvalue weighted by atomic mass is 10.2. The SMILES string of the molecule is S=C(NC1CC1)N1CCCCCC1. The summed E-state index contributed by atoms with van der Waals surface area (Å²) >= 11 is 5.37. The van der Waals surface area contributed by atoms with E-state index in [1.165, 1.54) is 51.6 Å². The molecular formula is C10H18N2S. The largest absolute Gasteiger partial charge is 0.360 e. The summed E-state index contributed by atoms with van der Waals surface area (Å²) in [5, 5.41) is 4.41. The Hall–Kier alpha value is -0.310. The van der Waals surface area contributed by atoms with E-state index in [1.54, 1.807) is 0 Å². The number of nitrogens with one attached hydrogen (secondary N) is 1. The summed E-state index contributed by atoms with van der Waals surface area (Å²) in [6, 6.07) is 0.704. The minimum Gasteiger partial charge on any atom is -0.360 e. The summed E-state index contributed by atoms with van der Waals surface area (Å²) in [7, 11) is 0. The van der Waals surface area contributed by atoms with Crippen molar-refractivity contribution >= 4 is 17.3 Å². The highest BCUT2D eigenvalue weighted by Crippen LogP contribution is 2.19. The van der Waals surface area contributed by atoms with Gasteiger partial charge in [0.05, 0.1) is 0 Å². The molecule has 3 heteroatoms. The first-order valence-corrected chi connectivity index (χ1v) is 5.82. The molecule has 2 rings (SSSR count). The minimum atomic E-state index is 0.704. The smallest absolute Gasteiger partial charge is 0.169 e. The van der Waals surface area contributed by atoms with Gasteiger partial charge in [-0.1, -0.05) is 12.8 Å². The Morgan fingerprint density at radius 2 is 1.69 bits per heavy atom. The molecule has 0 aromatic rings. The Morgan fingerprint density at radius 1 is 1.08 bits per heavy atom. The van der Waals surface area contributed by atoms with Crippen LogP contribution in [-0.2, 0) is 0 Å². The molecule has 2 nitrogen and oxygen atoms in total. The third-order valence-electron chi connectivity index (χ3n) is 2.80. The average molecular weight is 198 g/mol. The molecule has 1 N–H and O–H groups in total. The zero-order valence-electron chi connectivity index (χ0n) is 8.09. The van der Waals surface area contributed by atoms with Gasteiger partial charge in [0, 0.05) is 19.1 Å². The van der Waals surface area contributed by atoms with Gasteiger partial charge in [0.1, 0.15) is 0 Å². The van der Waals surface area contributed by atoms with Crippen molar-refractivity contribution in [3.8, 4) is 0 Å². The van der Waals surface area contributed by atoms with Gasteiger partial charge in [-0.25, -0.2) is 0 Å². The van der Waals surface area contributed by atoms with Gasteiger partial charge in [-0.05, 0) is 37.9 Å². The molecule has 0 radical (unpaired) electrons. The van der Waals surface area contributed by atoms with Crippen molar-refractivity contribution in [3.63, 3.8) is 0 Å².